The third-order valence-corrected chi connectivity index (χ3v) is 6.25. The lowest BCUT2D eigenvalue weighted by atomic mass is 10.1. The van der Waals surface area contributed by atoms with Crippen LogP contribution in [-0.4, -0.2) is 41.3 Å². The lowest BCUT2D eigenvalue weighted by Gasteiger charge is -2.18. The number of aromatic nitrogens is 5. The SMILES string of the molecule is [O-][S+](c1cnc2ccccn12)n1ncc2ncc(-c3ccc4c(c3)OCCO4)cc21. The first kappa shape index (κ1) is 17.3. The van der Waals surface area contributed by atoms with E-state index in [0.29, 0.717) is 35.0 Å². The maximum absolute atomic E-state index is 13.3. The van der Waals surface area contributed by atoms with E-state index in [-0.39, 0.29) is 0 Å². The van der Waals surface area contributed by atoms with Crippen molar-refractivity contribution in [2.24, 2.45) is 0 Å². The number of ether oxygens (including phenoxy) is 2. The summed E-state index contributed by atoms with van der Waals surface area (Å²) < 4.78 is 27.9. The molecule has 1 aliphatic heterocycles. The van der Waals surface area contributed by atoms with Gasteiger partial charge in [0.2, 0.25) is 0 Å². The van der Waals surface area contributed by atoms with Gasteiger partial charge in [0, 0.05) is 18.0 Å². The Morgan fingerprint density at radius 3 is 2.73 bits per heavy atom. The molecule has 0 N–H and O–H groups in total. The van der Waals surface area contributed by atoms with E-state index in [2.05, 4.69) is 15.1 Å². The molecule has 1 atom stereocenters. The van der Waals surface area contributed by atoms with E-state index in [1.54, 1.807) is 23.0 Å². The molecule has 5 aromatic rings. The van der Waals surface area contributed by atoms with Crippen LogP contribution in [0, 0.1) is 0 Å². The number of nitrogens with zero attached hydrogens (tertiary/aromatic N) is 5. The van der Waals surface area contributed by atoms with Gasteiger partial charge in [0.1, 0.15) is 36.1 Å². The van der Waals surface area contributed by atoms with Crippen LogP contribution in [0.2, 0.25) is 0 Å². The minimum atomic E-state index is -1.58. The van der Waals surface area contributed by atoms with Crippen molar-refractivity contribution in [1.82, 2.24) is 23.6 Å². The van der Waals surface area contributed by atoms with Gasteiger partial charge in [-0.25, -0.2) is 4.98 Å². The second-order valence-electron chi connectivity index (χ2n) is 6.78. The minimum absolute atomic E-state index is 0.527. The lowest BCUT2D eigenvalue weighted by Crippen LogP contribution is -2.16. The second-order valence-corrected chi connectivity index (χ2v) is 8.04. The lowest BCUT2D eigenvalue weighted by molar-refractivity contribution is 0.171. The highest BCUT2D eigenvalue weighted by molar-refractivity contribution is 7.90. The zero-order chi connectivity index (χ0) is 20.1. The molecule has 0 fully saturated rings. The number of rotatable bonds is 3. The predicted molar refractivity (Wildman–Crippen MR) is 111 cm³/mol. The van der Waals surface area contributed by atoms with E-state index >= 15 is 0 Å². The Bertz CT molecular complexity index is 1400. The molecule has 0 saturated carbocycles. The molecule has 0 saturated heterocycles. The van der Waals surface area contributed by atoms with Gasteiger partial charge in [0.25, 0.3) is 5.03 Å². The molecule has 0 amide bonds. The molecule has 30 heavy (non-hydrogen) atoms. The van der Waals surface area contributed by atoms with Crippen LogP contribution in [0.25, 0.3) is 27.8 Å². The van der Waals surface area contributed by atoms with Gasteiger partial charge in [-0.1, -0.05) is 16.2 Å². The van der Waals surface area contributed by atoms with Gasteiger partial charge in [0.05, 0.1) is 6.20 Å². The Labute approximate surface area is 174 Å². The van der Waals surface area contributed by atoms with Crippen molar-refractivity contribution in [3.05, 3.63) is 67.3 Å². The van der Waals surface area contributed by atoms with Crippen molar-refractivity contribution in [2.45, 2.75) is 5.03 Å². The molecule has 8 nitrogen and oxygen atoms in total. The third kappa shape index (κ3) is 2.71. The maximum Gasteiger partial charge on any atom is 0.278 e. The molecule has 6 rings (SSSR count). The maximum atomic E-state index is 13.3. The van der Waals surface area contributed by atoms with Crippen LogP contribution >= 0.6 is 0 Å². The van der Waals surface area contributed by atoms with Gasteiger partial charge < -0.3 is 14.0 Å². The summed E-state index contributed by atoms with van der Waals surface area (Å²) in [5.74, 6) is 1.44. The molecule has 0 spiro atoms. The minimum Gasteiger partial charge on any atom is -0.585 e. The van der Waals surface area contributed by atoms with Gasteiger partial charge in [0.15, 0.2) is 22.9 Å². The van der Waals surface area contributed by atoms with Gasteiger partial charge >= 0.3 is 0 Å². The number of hydrogen-bond acceptors (Lipinski definition) is 6. The summed E-state index contributed by atoms with van der Waals surface area (Å²) in [7, 11) is 0. The highest BCUT2D eigenvalue weighted by Gasteiger charge is 2.24. The fraction of sp³-hybridized carbons (Fsp3) is 0.0952. The summed E-state index contributed by atoms with van der Waals surface area (Å²) in [6.07, 6.45) is 6.83. The Balaban J connectivity index is 1.44. The molecule has 0 aliphatic carbocycles. The van der Waals surface area contributed by atoms with E-state index in [4.69, 9.17) is 9.47 Å². The molecular formula is C21H15N5O3S. The fourth-order valence-electron chi connectivity index (χ4n) is 3.53. The third-order valence-electron chi connectivity index (χ3n) is 4.98. The molecule has 1 aliphatic rings. The molecule has 1 aromatic carbocycles. The molecule has 1 unspecified atom stereocenters. The Kier molecular flexibility index (Phi) is 3.90. The first-order valence-electron chi connectivity index (χ1n) is 9.36. The van der Waals surface area contributed by atoms with Crippen molar-refractivity contribution in [3.8, 4) is 22.6 Å². The van der Waals surface area contributed by atoms with E-state index in [0.717, 1.165) is 22.5 Å². The average molecular weight is 417 g/mol. The smallest absolute Gasteiger partial charge is 0.278 e. The predicted octanol–water partition coefficient (Wildman–Crippen LogP) is 3.09. The Morgan fingerprint density at radius 1 is 0.900 bits per heavy atom. The number of pyridine rings is 2. The van der Waals surface area contributed by atoms with Gasteiger partial charge in [-0.15, -0.1) is 5.10 Å². The summed E-state index contributed by atoms with van der Waals surface area (Å²) in [4.78, 5) is 8.83. The van der Waals surface area contributed by atoms with Crippen LogP contribution in [0.3, 0.4) is 0 Å². The van der Waals surface area contributed by atoms with Crippen molar-refractivity contribution in [2.75, 3.05) is 13.2 Å². The molecular weight excluding hydrogens is 402 g/mol. The number of benzene rings is 1. The first-order chi connectivity index (χ1) is 14.8. The van der Waals surface area contributed by atoms with E-state index in [9.17, 15) is 4.55 Å². The normalized spacial score (nSPS) is 14.3. The monoisotopic (exact) mass is 417 g/mol. The zero-order valence-corrected chi connectivity index (χ0v) is 16.5. The zero-order valence-electron chi connectivity index (χ0n) is 15.6. The molecule has 148 valence electrons. The highest BCUT2D eigenvalue weighted by Crippen LogP contribution is 2.35. The molecule has 9 heteroatoms. The van der Waals surface area contributed by atoms with Crippen molar-refractivity contribution >= 4 is 28.0 Å². The molecule has 0 radical (unpaired) electrons. The van der Waals surface area contributed by atoms with Crippen LogP contribution in [-0.2, 0) is 11.4 Å². The van der Waals surface area contributed by atoms with Crippen LogP contribution in [0.5, 0.6) is 11.5 Å². The Morgan fingerprint density at radius 2 is 1.80 bits per heavy atom. The van der Waals surface area contributed by atoms with Crippen LogP contribution in [0.1, 0.15) is 0 Å². The van der Waals surface area contributed by atoms with Gasteiger partial charge in [-0.05, 0) is 35.9 Å². The number of fused-ring (bicyclic) bond motifs is 3. The molecule has 5 heterocycles. The Hall–Kier alpha value is -3.56. The van der Waals surface area contributed by atoms with Crippen molar-refractivity contribution in [3.63, 3.8) is 0 Å². The van der Waals surface area contributed by atoms with Crippen molar-refractivity contribution in [1.29, 1.82) is 0 Å². The van der Waals surface area contributed by atoms with E-state index < -0.39 is 11.4 Å². The largest absolute Gasteiger partial charge is 0.585 e. The highest BCUT2D eigenvalue weighted by atomic mass is 32.2. The van der Waals surface area contributed by atoms with Gasteiger partial charge in [-0.3, -0.25) is 9.38 Å². The van der Waals surface area contributed by atoms with Crippen LogP contribution < -0.4 is 9.47 Å². The first-order valence-corrected chi connectivity index (χ1v) is 10.5. The van der Waals surface area contributed by atoms with Crippen LogP contribution in [0.4, 0.5) is 0 Å². The van der Waals surface area contributed by atoms with Crippen molar-refractivity contribution < 1.29 is 14.0 Å². The summed E-state index contributed by atoms with van der Waals surface area (Å²) in [6, 6.07) is 13.3. The van der Waals surface area contributed by atoms with E-state index in [1.807, 2.05) is 48.7 Å². The molecule has 4 aromatic heterocycles. The van der Waals surface area contributed by atoms with Gasteiger partial charge in [-0.2, -0.15) is 0 Å². The summed E-state index contributed by atoms with van der Waals surface area (Å²) in [6.45, 7) is 1.08. The second kappa shape index (κ2) is 6.75. The van der Waals surface area contributed by atoms with E-state index in [1.165, 1.54) is 4.09 Å². The standard InChI is InChI=1S/C21H15N5O3S/c27-30(21-13-23-20-3-1-2-6-25(20)21)26-17-9-15(11-22-16(17)12-24-26)14-4-5-18-19(10-14)29-8-7-28-18/h1-6,9-13H,7-8H2. The molecule has 0 bridgehead atoms. The fourth-order valence-corrected chi connectivity index (χ4v) is 4.63. The summed E-state index contributed by atoms with van der Waals surface area (Å²) >= 11 is -1.58. The topological polar surface area (TPSA) is 89.5 Å². The number of hydrogen-bond donors (Lipinski definition) is 0. The van der Waals surface area contributed by atoms with Crippen LogP contribution in [0.15, 0.2) is 72.3 Å². The number of imidazole rings is 1. The average Bonchev–Trinajstić information content (AvgIpc) is 3.42. The quantitative estimate of drug-likeness (QED) is 0.419. The summed E-state index contributed by atoms with van der Waals surface area (Å²) in [5, 5.41) is 4.87. The summed E-state index contributed by atoms with van der Waals surface area (Å²) in [5.41, 5.74) is 3.87.